The van der Waals surface area contributed by atoms with E-state index in [9.17, 15) is 9.59 Å². The fourth-order valence-corrected chi connectivity index (χ4v) is 1.24. The molecule has 11 heavy (non-hydrogen) atoms. The van der Waals surface area contributed by atoms with Gasteiger partial charge in [-0.05, 0) is 6.08 Å². The SMILES string of the molecule is O=C1/C=C\C=C/C(Br)CC1=O. The molecule has 58 valence electrons. The molecule has 1 unspecified atom stereocenters. The van der Waals surface area contributed by atoms with Crippen LogP contribution in [-0.2, 0) is 9.59 Å². The maximum absolute atomic E-state index is 10.9. The number of hydrogen-bond acceptors (Lipinski definition) is 2. The van der Waals surface area contributed by atoms with E-state index < -0.39 is 5.78 Å². The van der Waals surface area contributed by atoms with Crippen LogP contribution >= 0.6 is 15.9 Å². The molecular weight excluding hydrogens is 208 g/mol. The molecule has 0 aromatic rings. The van der Waals surface area contributed by atoms with Crippen molar-refractivity contribution in [1.29, 1.82) is 0 Å². The Hall–Kier alpha value is -0.700. The Bertz CT molecular complexity index is 240. The number of allylic oxidation sites excluding steroid dienone is 4. The zero-order chi connectivity index (χ0) is 8.27. The third-order valence-electron chi connectivity index (χ3n) is 1.33. The predicted octanol–water partition coefficient (Wildman–Crippen LogP) is 1.40. The monoisotopic (exact) mass is 214 g/mol. The minimum Gasteiger partial charge on any atom is -0.290 e. The van der Waals surface area contributed by atoms with Gasteiger partial charge in [-0.2, -0.15) is 0 Å². The molecule has 0 heterocycles. The molecule has 1 aliphatic carbocycles. The van der Waals surface area contributed by atoms with E-state index in [2.05, 4.69) is 15.9 Å². The summed E-state index contributed by atoms with van der Waals surface area (Å²) in [5.74, 6) is -0.758. The highest BCUT2D eigenvalue weighted by Crippen LogP contribution is 2.09. The van der Waals surface area contributed by atoms with Crippen molar-refractivity contribution in [2.75, 3.05) is 0 Å². The first-order valence-electron chi connectivity index (χ1n) is 3.26. The Balaban J connectivity index is 2.80. The maximum atomic E-state index is 10.9. The largest absolute Gasteiger partial charge is 0.290 e. The molecule has 0 aromatic carbocycles. The molecule has 0 aromatic heterocycles. The highest BCUT2D eigenvalue weighted by atomic mass is 79.9. The molecular formula is C8H7BrO2. The minimum atomic E-state index is -0.418. The van der Waals surface area contributed by atoms with Gasteiger partial charge in [-0.3, -0.25) is 9.59 Å². The number of alkyl halides is 1. The molecule has 0 amide bonds. The highest BCUT2D eigenvalue weighted by molar-refractivity contribution is 9.09. The zero-order valence-electron chi connectivity index (χ0n) is 5.79. The number of halogens is 1. The van der Waals surface area contributed by atoms with Crippen molar-refractivity contribution in [2.45, 2.75) is 11.2 Å². The van der Waals surface area contributed by atoms with Crippen LogP contribution in [0.2, 0.25) is 0 Å². The summed E-state index contributed by atoms with van der Waals surface area (Å²) in [5.41, 5.74) is 0. The molecule has 0 spiro atoms. The molecule has 0 saturated carbocycles. The topological polar surface area (TPSA) is 34.1 Å². The van der Waals surface area contributed by atoms with Crippen molar-refractivity contribution in [3.8, 4) is 0 Å². The molecule has 0 aliphatic heterocycles. The molecule has 3 heteroatoms. The van der Waals surface area contributed by atoms with Gasteiger partial charge in [0.05, 0.1) is 0 Å². The molecule has 0 saturated heterocycles. The number of rotatable bonds is 0. The van der Waals surface area contributed by atoms with Crippen LogP contribution in [0.3, 0.4) is 0 Å². The molecule has 2 nitrogen and oxygen atoms in total. The molecule has 1 atom stereocenters. The van der Waals surface area contributed by atoms with Gasteiger partial charge >= 0.3 is 0 Å². The second kappa shape index (κ2) is 3.62. The Morgan fingerprint density at radius 3 is 2.82 bits per heavy atom. The van der Waals surface area contributed by atoms with Crippen molar-refractivity contribution < 1.29 is 9.59 Å². The Kier molecular flexibility index (Phi) is 2.76. The lowest BCUT2D eigenvalue weighted by Gasteiger charge is -2.02. The van der Waals surface area contributed by atoms with Crippen LogP contribution in [0.4, 0.5) is 0 Å². The van der Waals surface area contributed by atoms with Gasteiger partial charge in [0.2, 0.25) is 11.6 Å². The third-order valence-corrected chi connectivity index (χ3v) is 1.96. The summed E-state index contributed by atoms with van der Waals surface area (Å²) in [7, 11) is 0. The lowest BCUT2D eigenvalue weighted by molar-refractivity contribution is -0.133. The van der Waals surface area contributed by atoms with Crippen molar-refractivity contribution in [3.63, 3.8) is 0 Å². The van der Waals surface area contributed by atoms with E-state index in [1.807, 2.05) is 6.08 Å². The number of ketones is 2. The Morgan fingerprint density at radius 1 is 1.36 bits per heavy atom. The molecule has 1 rings (SSSR count). The normalized spacial score (nSPS) is 30.8. The number of hydrogen-bond donors (Lipinski definition) is 0. The van der Waals surface area contributed by atoms with Crippen LogP contribution in [0.15, 0.2) is 24.3 Å². The first-order valence-corrected chi connectivity index (χ1v) is 4.18. The molecule has 0 N–H and O–H groups in total. The van der Waals surface area contributed by atoms with Crippen LogP contribution in [-0.4, -0.2) is 16.4 Å². The first kappa shape index (κ1) is 8.40. The van der Waals surface area contributed by atoms with Gasteiger partial charge in [0, 0.05) is 11.2 Å². The van der Waals surface area contributed by atoms with Gasteiger partial charge in [-0.1, -0.05) is 34.2 Å². The van der Waals surface area contributed by atoms with E-state index in [1.165, 1.54) is 6.08 Å². The molecule has 0 radical (unpaired) electrons. The van der Waals surface area contributed by atoms with E-state index in [4.69, 9.17) is 0 Å². The summed E-state index contributed by atoms with van der Waals surface area (Å²) >= 11 is 3.25. The summed E-state index contributed by atoms with van der Waals surface area (Å²) in [5, 5.41) is 0. The van der Waals surface area contributed by atoms with Gasteiger partial charge in [-0.15, -0.1) is 0 Å². The summed E-state index contributed by atoms with van der Waals surface area (Å²) in [6.45, 7) is 0. The number of carbonyl (C=O) groups excluding carboxylic acids is 2. The van der Waals surface area contributed by atoms with Crippen LogP contribution in [0, 0.1) is 0 Å². The van der Waals surface area contributed by atoms with Gasteiger partial charge in [0.25, 0.3) is 0 Å². The van der Waals surface area contributed by atoms with E-state index in [1.54, 1.807) is 12.2 Å². The van der Waals surface area contributed by atoms with Gasteiger partial charge in [0.1, 0.15) is 0 Å². The van der Waals surface area contributed by atoms with Crippen molar-refractivity contribution in [2.24, 2.45) is 0 Å². The van der Waals surface area contributed by atoms with Gasteiger partial charge in [0.15, 0.2) is 0 Å². The average Bonchev–Trinajstić information content (AvgIpc) is 1.95. The predicted molar refractivity (Wildman–Crippen MR) is 45.6 cm³/mol. The van der Waals surface area contributed by atoms with Crippen molar-refractivity contribution in [1.82, 2.24) is 0 Å². The second-order valence-corrected chi connectivity index (χ2v) is 3.43. The minimum absolute atomic E-state index is 0.0103. The summed E-state index contributed by atoms with van der Waals surface area (Å²) in [6, 6.07) is 0. The Morgan fingerprint density at radius 2 is 2.09 bits per heavy atom. The first-order chi connectivity index (χ1) is 5.20. The lowest BCUT2D eigenvalue weighted by Crippen LogP contribution is -2.15. The van der Waals surface area contributed by atoms with Gasteiger partial charge < -0.3 is 0 Å². The number of carbonyl (C=O) groups is 2. The van der Waals surface area contributed by atoms with Crippen LogP contribution < -0.4 is 0 Å². The lowest BCUT2D eigenvalue weighted by atomic mass is 10.1. The molecule has 0 fully saturated rings. The zero-order valence-corrected chi connectivity index (χ0v) is 7.37. The van der Waals surface area contributed by atoms with E-state index in [0.29, 0.717) is 0 Å². The second-order valence-electron chi connectivity index (χ2n) is 2.25. The quantitative estimate of drug-likeness (QED) is 0.452. The third kappa shape index (κ3) is 2.42. The summed E-state index contributed by atoms with van der Waals surface area (Å²) in [6.07, 6.45) is 6.70. The van der Waals surface area contributed by atoms with Crippen LogP contribution in [0.5, 0.6) is 0 Å². The molecule has 1 aliphatic rings. The van der Waals surface area contributed by atoms with Crippen molar-refractivity contribution in [3.05, 3.63) is 24.3 Å². The van der Waals surface area contributed by atoms with Crippen molar-refractivity contribution >= 4 is 27.5 Å². The van der Waals surface area contributed by atoms with E-state index in [-0.39, 0.29) is 17.0 Å². The average molecular weight is 215 g/mol. The number of Topliss-reactive ketones (excluding diaryl/α,β-unsaturated/α-hetero) is 1. The van der Waals surface area contributed by atoms with Crippen LogP contribution in [0.25, 0.3) is 0 Å². The van der Waals surface area contributed by atoms with E-state index >= 15 is 0 Å². The van der Waals surface area contributed by atoms with Crippen LogP contribution in [0.1, 0.15) is 6.42 Å². The fourth-order valence-electron chi connectivity index (χ4n) is 0.766. The van der Waals surface area contributed by atoms with Gasteiger partial charge in [-0.25, -0.2) is 0 Å². The highest BCUT2D eigenvalue weighted by Gasteiger charge is 2.14. The summed E-state index contributed by atoms with van der Waals surface area (Å²) in [4.78, 5) is 21.7. The maximum Gasteiger partial charge on any atom is 0.221 e. The smallest absolute Gasteiger partial charge is 0.221 e. The standard InChI is InChI=1S/C8H7BrO2/c9-6-3-1-2-4-7(10)8(11)5-6/h1-4,6H,5H2/b3-1-,4-2-. The molecule has 0 bridgehead atoms. The fraction of sp³-hybridized carbons (Fsp3) is 0.250. The van der Waals surface area contributed by atoms with E-state index in [0.717, 1.165) is 0 Å². The Labute approximate surface area is 73.1 Å². The summed E-state index contributed by atoms with van der Waals surface area (Å²) < 4.78 is 0.